The Morgan fingerprint density at radius 2 is 1.25 bits per heavy atom. The summed E-state index contributed by atoms with van der Waals surface area (Å²) >= 11 is 0. The molecule has 3 heterocycles. The van der Waals surface area contributed by atoms with Crippen molar-refractivity contribution in [2.75, 3.05) is 6.61 Å². The molecule has 222 valence electrons. The molecule has 1 saturated heterocycles. The van der Waals surface area contributed by atoms with Gasteiger partial charge in [-0.05, 0) is 50.2 Å². The van der Waals surface area contributed by atoms with E-state index >= 15 is 0 Å². The second-order valence-corrected chi connectivity index (χ2v) is 10.2. The summed E-state index contributed by atoms with van der Waals surface area (Å²) in [5.41, 5.74) is 2.55. The molecule has 0 unspecified atom stereocenters. The van der Waals surface area contributed by atoms with Gasteiger partial charge in [-0.2, -0.15) is 0 Å². The fourth-order valence-corrected chi connectivity index (χ4v) is 5.06. The quantitative estimate of drug-likeness (QED) is 0.185. The SMILES string of the molecule is Cc1nc(C)c2ncn([C@@H]3O[C@H](COC(=O)c4ccccc4)[C@@H](OC(=O)c4ccccc4)[C@H]3OC(=O)c3ccccc3)c2n1. The molecule has 44 heavy (non-hydrogen) atoms. The summed E-state index contributed by atoms with van der Waals surface area (Å²) in [5.74, 6) is -1.40. The molecule has 0 spiro atoms. The van der Waals surface area contributed by atoms with Crippen LogP contribution in [0.15, 0.2) is 97.3 Å². The summed E-state index contributed by atoms with van der Waals surface area (Å²) in [6.07, 6.45) is -2.91. The summed E-state index contributed by atoms with van der Waals surface area (Å²) in [5, 5.41) is 0. The molecular formula is C33H28N4O7. The van der Waals surface area contributed by atoms with Crippen molar-refractivity contribution in [1.82, 2.24) is 19.5 Å². The van der Waals surface area contributed by atoms with Crippen LogP contribution in [0.4, 0.5) is 0 Å². The Morgan fingerprint density at radius 3 is 1.82 bits per heavy atom. The van der Waals surface area contributed by atoms with E-state index in [1.807, 2.05) is 6.92 Å². The van der Waals surface area contributed by atoms with Crippen LogP contribution in [0.5, 0.6) is 0 Å². The minimum Gasteiger partial charge on any atom is -0.459 e. The van der Waals surface area contributed by atoms with E-state index in [4.69, 9.17) is 18.9 Å². The first-order valence-electron chi connectivity index (χ1n) is 14.0. The Morgan fingerprint density at radius 1 is 0.727 bits per heavy atom. The molecule has 0 radical (unpaired) electrons. The predicted octanol–water partition coefficient (Wildman–Crippen LogP) is 4.65. The normalized spacial score (nSPS) is 19.4. The van der Waals surface area contributed by atoms with Gasteiger partial charge in [0, 0.05) is 0 Å². The molecule has 1 aliphatic heterocycles. The van der Waals surface area contributed by atoms with Crippen molar-refractivity contribution in [2.45, 2.75) is 38.4 Å². The highest BCUT2D eigenvalue weighted by Gasteiger charge is 2.52. The molecule has 0 N–H and O–H groups in total. The van der Waals surface area contributed by atoms with Crippen LogP contribution in [0.2, 0.25) is 0 Å². The third-order valence-corrected chi connectivity index (χ3v) is 7.16. The lowest BCUT2D eigenvalue weighted by Crippen LogP contribution is -2.41. The standard InChI is InChI=1S/C33H28N4O7/c1-20-26-29(36-21(2)35-20)37(19-34-26)30-28(44-33(40)24-16-10-5-11-17-24)27(43-32(39)23-14-8-4-9-15-23)25(42-30)18-41-31(38)22-12-6-3-7-13-22/h3-17,19,25,27-28,30H,18H2,1-2H3/t25-,27-,28-,30-/m1/s1. The molecule has 0 amide bonds. The average Bonchev–Trinajstić information content (AvgIpc) is 3.62. The largest absolute Gasteiger partial charge is 0.459 e. The maximum Gasteiger partial charge on any atom is 0.338 e. The third-order valence-electron chi connectivity index (χ3n) is 7.16. The number of carbonyl (C=O) groups is 3. The Hall–Kier alpha value is -5.42. The molecule has 4 atom stereocenters. The molecule has 2 aromatic heterocycles. The summed E-state index contributed by atoms with van der Waals surface area (Å²) in [6.45, 7) is 3.27. The fourth-order valence-electron chi connectivity index (χ4n) is 5.06. The molecule has 1 aliphatic rings. The summed E-state index contributed by atoms with van der Waals surface area (Å²) in [4.78, 5) is 53.0. The number of imidazole rings is 1. The Labute approximate surface area is 252 Å². The van der Waals surface area contributed by atoms with E-state index < -0.39 is 42.4 Å². The first-order chi connectivity index (χ1) is 21.4. The van der Waals surface area contributed by atoms with Gasteiger partial charge in [-0.3, -0.25) is 4.57 Å². The highest BCUT2D eigenvalue weighted by molar-refractivity contribution is 5.91. The van der Waals surface area contributed by atoms with Crippen LogP contribution >= 0.6 is 0 Å². The van der Waals surface area contributed by atoms with Gasteiger partial charge in [-0.1, -0.05) is 54.6 Å². The highest BCUT2D eigenvalue weighted by Crippen LogP contribution is 2.37. The van der Waals surface area contributed by atoms with Crippen LogP contribution in [0.1, 0.15) is 48.8 Å². The fraction of sp³-hybridized carbons (Fsp3) is 0.212. The minimum absolute atomic E-state index is 0.288. The molecule has 3 aromatic carbocycles. The molecular weight excluding hydrogens is 564 g/mol. The lowest BCUT2D eigenvalue weighted by Gasteiger charge is -2.25. The molecule has 11 nitrogen and oxygen atoms in total. The van der Waals surface area contributed by atoms with E-state index in [9.17, 15) is 14.4 Å². The number of nitrogens with zero attached hydrogens (tertiary/aromatic N) is 4. The molecule has 5 aromatic rings. The first kappa shape index (κ1) is 28.7. The maximum absolute atomic E-state index is 13.4. The van der Waals surface area contributed by atoms with Gasteiger partial charge < -0.3 is 18.9 Å². The maximum atomic E-state index is 13.4. The Balaban J connectivity index is 1.39. The van der Waals surface area contributed by atoms with E-state index in [0.717, 1.165) is 0 Å². The van der Waals surface area contributed by atoms with Crippen molar-refractivity contribution in [2.24, 2.45) is 0 Å². The van der Waals surface area contributed by atoms with Gasteiger partial charge in [0.1, 0.15) is 24.1 Å². The van der Waals surface area contributed by atoms with Crippen LogP contribution in [-0.4, -0.2) is 62.3 Å². The zero-order valence-electron chi connectivity index (χ0n) is 23.9. The number of hydrogen-bond donors (Lipinski definition) is 0. The monoisotopic (exact) mass is 592 g/mol. The van der Waals surface area contributed by atoms with Crippen molar-refractivity contribution < 1.29 is 33.3 Å². The predicted molar refractivity (Wildman–Crippen MR) is 157 cm³/mol. The topological polar surface area (TPSA) is 132 Å². The second-order valence-electron chi connectivity index (χ2n) is 10.2. The van der Waals surface area contributed by atoms with Crippen molar-refractivity contribution in [3.63, 3.8) is 0 Å². The van der Waals surface area contributed by atoms with Gasteiger partial charge in [-0.15, -0.1) is 0 Å². The zero-order chi connectivity index (χ0) is 30.6. The van der Waals surface area contributed by atoms with E-state index in [-0.39, 0.29) is 12.2 Å². The number of aryl methyl sites for hydroxylation is 2. The van der Waals surface area contributed by atoms with Crippen LogP contribution in [-0.2, 0) is 18.9 Å². The van der Waals surface area contributed by atoms with Crippen molar-refractivity contribution >= 4 is 29.1 Å². The summed E-state index contributed by atoms with van der Waals surface area (Å²) < 4.78 is 25.7. The number of esters is 3. The lowest BCUT2D eigenvalue weighted by atomic mass is 10.1. The van der Waals surface area contributed by atoms with Crippen molar-refractivity contribution in [1.29, 1.82) is 0 Å². The van der Waals surface area contributed by atoms with Crippen LogP contribution in [0, 0.1) is 13.8 Å². The number of hydrogen-bond acceptors (Lipinski definition) is 10. The molecule has 0 bridgehead atoms. The summed E-state index contributed by atoms with van der Waals surface area (Å²) in [7, 11) is 0. The average molecular weight is 593 g/mol. The molecule has 1 fully saturated rings. The van der Waals surface area contributed by atoms with Crippen LogP contribution in [0.3, 0.4) is 0 Å². The van der Waals surface area contributed by atoms with Gasteiger partial charge in [0.15, 0.2) is 24.1 Å². The lowest BCUT2D eigenvalue weighted by molar-refractivity contribution is -0.0606. The summed E-state index contributed by atoms with van der Waals surface area (Å²) in [6, 6.07) is 25.3. The van der Waals surface area contributed by atoms with E-state index in [1.54, 1.807) is 102 Å². The number of carbonyl (C=O) groups excluding carboxylic acids is 3. The van der Waals surface area contributed by atoms with Crippen LogP contribution in [0.25, 0.3) is 11.2 Å². The number of rotatable bonds is 8. The highest BCUT2D eigenvalue weighted by atomic mass is 16.7. The molecule has 0 saturated carbocycles. The van der Waals surface area contributed by atoms with Crippen LogP contribution < -0.4 is 0 Å². The van der Waals surface area contributed by atoms with Gasteiger partial charge in [0.25, 0.3) is 0 Å². The van der Waals surface area contributed by atoms with Gasteiger partial charge in [-0.25, -0.2) is 29.3 Å². The third kappa shape index (κ3) is 5.90. The zero-order valence-corrected chi connectivity index (χ0v) is 23.9. The number of aromatic nitrogens is 4. The molecule has 11 heteroatoms. The number of ether oxygens (including phenoxy) is 4. The van der Waals surface area contributed by atoms with Crippen molar-refractivity contribution in [3.8, 4) is 0 Å². The first-order valence-corrected chi connectivity index (χ1v) is 14.0. The number of benzene rings is 3. The second kappa shape index (κ2) is 12.4. The smallest absolute Gasteiger partial charge is 0.338 e. The Bertz CT molecular complexity index is 1800. The Kier molecular flexibility index (Phi) is 8.11. The van der Waals surface area contributed by atoms with Gasteiger partial charge >= 0.3 is 17.9 Å². The molecule has 0 aliphatic carbocycles. The van der Waals surface area contributed by atoms with E-state index in [0.29, 0.717) is 33.8 Å². The minimum atomic E-state index is -1.18. The van der Waals surface area contributed by atoms with Gasteiger partial charge in [0.05, 0.1) is 28.7 Å². The van der Waals surface area contributed by atoms with Gasteiger partial charge in [0.2, 0.25) is 0 Å². The molecule has 6 rings (SSSR count). The van der Waals surface area contributed by atoms with Crippen molar-refractivity contribution in [3.05, 3.63) is 126 Å². The van der Waals surface area contributed by atoms with E-state index in [1.165, 1.54) is 6.33 Å². The van der Waals surface area contributed by atoms with E-state index in [2.05, 4.69) is 15.0 Å². The number of fused-ring (bicyclic) bond motifs is 1.